The summed E-state index contributed by atoms with van der Waals surface area (Å²) in [5.41, 5.74) is 0.742. The fourth-order valence-corrected chi connectivity index (χ4v) is 3.58. The molecule has 0 radical (unpaired) electrons. The van der Waals surface area contributed by atoms with Crippen molar-refractivity contribution in [3.05, 3.63) is 27.1 Å². The minimum atomic E-state index is -0.285. The fourth-order valence-electron chi connectivity index (χ4n) is 2.29. The molecule has 1 saturated heterocycles. The van der Waals surface area contributed by atoms with Crippen LogP contribution in [0, 0.1) is 0 Å². The van der Waals surface area contributed by atoms with E-state index in [0.29, 0.717) is 42.6 Å². The summed E-state index contributed by atoms with van der Waals surface area (Å²) in [5, 5.41) is -0.262. The second kappa shape index (κ2) is 9.26. The molecule has 0 atom stereocenters. The van der Waals surface area contributed by atoms with Gasteiger partial charge in [-0.25, -0.2) is 0 Å². The molecule has 0 aromatic heterocycles. The van der Waals surface area contributed by atoms with Crippen LogP contribution in [-0.4, -0.2) is 50.0 Å². The molecule has 6 nitrogen and oxygen atoms in total. The molecule has 0 bridgehead atoms. The molecule has 0 spiro atoms. The van der Waals surface area contributed by atoms with Gasteiger partial charge in [-0.2, -0.15) is 0 Å². The van der Waals surface area contributed by atoms with Crippen LogP contribution in [-0.2, 0) is 9.53 Å². The Hall–Kier alpha value is -1.51. The number of amides is 2. The maximum atomic E-state index is 12.5. The average molecular weight is 430 g/mol. The average Bonchev–Trinajstić information content (AvgIpc) is 2.85. The predicted octanol–water partition coefficient (Wildman–Crippen LogP) is 3.93. The van der Waals surface area contributed by atoms with E-state index in [1.807, 2.05) is 6.92 Å². The lowest BCUT2D eigenvalue weighted by molar-refractivity contribution is -0.122. The van der Waals surface area contributed by atoms with E-state index >= 15 is 0 Å². The smallest absolute Gasteiger partial charge is 0.293 e. The standard InChI is InChI=1S/C17H20BrNO5S/c1-4-24-14-8-11(12(18)10-13(14)23-3)9-15-16(20)19(17(21)25-15)6-5-7-22-2/h8-10H,4-7H2,1-3H3/b15-9+. The van der Waals surface area contributed by atoms with Crippen LogP contribution in [0.15, 0.2) is 21.5 Å². The van der Waals surface area contributed by atoms with E-state index in [4.69, 9.17) is 14.2 Å². The third-order valence-electron chi connectivity index (χ3n) is 3.47. The predicted molar refractivity (Wildman–Crippen MR) is 101 cm³/mol. The van der Waals surface area contributed by atoms with Gasteiger partial charge in [-0.3, -0.25) is 14.5 Å². The molecule has 1 heterocycles. The zero-order valence-electron chi connectivity index (χ0n) is 14.3. The second-order valence-electron chi connectivity index (χ2n) is 5.14. The molecular formula is C17H20BrNO5S. The van der Waals surface area contributed by atoms with Gasteiger partial charge in [0.25, 0.3) is 11.1 Å². The molecule has 0 unspecified atom stereocenters. The van der Waals surface area contributed by atoms with Crippen LogP contribution in [0.3, 0.4) is 0 Å². The van der Waals surface area contributed by atoms with Crippen LogP contribution in [0.5, 0.6) is 11.5 Å². The van der Waals surface area contributed by atoms with E-state index < -0.39 is 0 Å². The van der Waals surface area contributed by atoms with Crippen molar-refractivity contribution in [1.82, 2.24) is 4.90 Å². The molecule has 1 aliphatic heterocycles. The monoisotopic (exact) mass is 429 g/mol. The quantitative estimate of drug-likeness (QED) is 0.460. The van der Waals surface area contributed by atoms with Crippen molar-refractivity contribution >= 4 is 44.9 Å². The number of benzene rings is 1. The minimum Gasteiger partial charge on any atom is -0.493 e. The Morgan fingerprint density at radius 1 is 1.24 bits per heavy atom. The van der Waals surface area contributed by atoms with Gasteiger partial charge in [0.15, 0.2) is 11.5 Å². The molecule has 2 amide bonds. The van der Waals surface area contributed by atoms with Crippen molar-refractivity contribution in [1.29, 1.82) is 0 Å². The first-order chi connectivity index (χ1) is 12.0. The van der Waals surface area contributed by atoms with Gasteiger partial charge in [0.2, 0.25) is 0 Å². The van der Waals surface area contributed by atoms with Crippen molar-refractivity contribution < 1.29 is 23.8 Å². The molecule has 8 heteroatoms. The summed E-state index contributed by atoms with van der Waals surface area (Å²) in [6.45, 7) is 3.23. The summed E-state index contributed by atoms with van der Waals surface area (Å²) >= 11 is 4.40. The lowest BCUT2D eigenvalue weighted by atomic mass is 10.2. The number of hydrogen-bond donors (Lipinski definition) is 0. The highest BCUT2D eigenvalue weighted by Gasteiger charge is 2.34. The lowest BCUT2D eigenvalue weighted by Gasteiger charge is -2.12. The van der Waals surface area contributed by atoms with E-state index in [-0.39, 0.29) is 11.1 Å². The Balaban J connectivity index is 2.26. The number of ether oxygens (including phenoxy) is 3. The number of imide groups is 1. The van der Waals surface area contributed by atoms with Crippen LogP contribution in [0.4, 0.5) is 4.79 Å². The van der Waals surface area contributed by atoms with Crippen molar-refractivity contribution in [2.24, 2.45) is 0 Å². The van der Waals surface area contributed by atoms with Gasteiger partial charge in [0.05, 0.1) is 18.6 Å². The molecule has 1 aliphatic rings. The summed E-state index contributed by atoms with van der Waals surface area (Å²) in [5.74, 6) is 0.893. The van der Waals surface area contributed by atoms with Gasteiger partial charge in [-0.1, -0.05) is 15.9 Å². The van der Waals surface area contributed by atoms with Gasteiger partial charge in [-0.15, -0.1) is 0 Å². The summed E-state index contributed by atoms with van der Waals surface area (Å²) in [6.07, 6.45) is 2.30. The first-order valence-corrected chi connectivity index (χ1v) is 9.37. The maximum absolute atomic E-state index is 12.5. The first kappa shape index (κ1) is 19.8. The molecule has 25 heavy (non-hydrogen) atoms. The number of carbonyl (C=O) groups excluding carboxylic acids is 2. The highest BCUT2D eigenvalue weighted by atomic mass is 79.9. The second-order valence-corrected chi connectivity index (χ2v) is 6.98. The lowest BCUT2D eigenvalue weighted by Crippen LogP contribution is -2.29. The third-order valence-corrected chi connectivity index (χ3v) is 5.07. The van der Waals surface area contributed by atoms with Crippen LogP contribution >= 0.6 is 27.7 Å². The fraction of sp³-hybridized carbons (Fsp3) is 0.412. The highest BCUT2D eigenvalue weighted by molar-refractivity contribution is 9.10. The van der Waals surface area contributed by atoms with Gasteiger partial charge < -0.3 is 14.2 Å². The topological polar surface area (TPSA) is 65.1 Å². The summed E-state index contributed by atoms with van der Waals surface area (Å²) in [4.78, 5) is 26.2. The Morgan fingerprint density at radius 2 is 2.00 bits per heavy atom. The van der Waals surface area contributed by atoms with Crippen LogP contribution < -0.4 is 9.47 Å². The Kier molecular flexibility index (Phi) is 7.34. The van der Waals surface area contributed by atoms with Crippen molar-refractivity contribution in [3.8, 4) is 11.5 Å². The Morgan fingerprint density at radius 3 is 2.64 bits per heavy atom. The summed E-state index contributed by atoms with van der Waals surface area (Å²) in [6, 6.07) is 3.56. The molecular weight excluding hydrogens is 410 g/mol. The van der Waals surface area contributed by atoms with Crippen molar-refractivity contribution in [3.63, 3.8) is 0 Å². The van der Waals surface area contributed by atoms with E-state index in [1.165, 1.54) is 4.90 Å². The minimum absolute atomic E-state index is 0.262. The molecule has 1 aromatic carbocycles. The van der Waals surface area contributed by atoms with Crippen LogP contribution in [0.2, 0.25) is 0 Å². The summed E-state index contributed by atoms with van der Waals surface area (Å²) in [7, 11) is 3.15. The first-order valence-electron chi connectivity index (χ1n) is 7.76. The zero-order chi connectivity index (χ0) is 18.4. The van der Waals surface area contributed by atoms with Crippen molar-refractivity contribution in [2.75, 3.05) is 34.0 Å². The number of halogens is 1. The summed E-state index contributed by atoms with van der Waals surface area (Å²) < 4.78 is 16.6. The van der Waals surface area contributed by atoms with Gasteiger partial charge in [0, 0.05) is 24.7 Å². The van der Waals surface area contributed by atoms with Gasteiger partial charge >= 0.3 is 0 Å². The Labute approximate surface area is 159 Å². The number of thioether (sulfide) groups is 1. The largest absolute Gasteiger partial charge is 0.493 e. The number of methoxy groups -OCH3 is 2. The molecule has 0 saturated carbocycles. The van der Waals surface area contributed by atoms with Gasteiger partial charge in [-0.05, 0) is 48.9 Å². The number of carbonyl (C=O) groups is 2. The third kappa shape index (κ3) is 4.77. The van der Waals surface area contributed by atoms with Crippen LogP contribution in [0.25, 0.3) is 6.08 Å². The Bertz CT molecular complexity index is 692. The molecule has 2 rings (SSSR count). The zero-order valence-corrected chi connectivity index (χ0v) is 16.7. The van der Waals surface area contributed by atoms with Gasteiger partial charge in [0.1, 0.15) is 0 Å². The number of nitrogens with zero attached hydrogens (tertiary/aromatic N) is 1. The van der Waals surface area contributed by atoms with E-state index in [9.17, 15) is 9.59 Å². The van der Waals surface area contributed by atoms with Crippen LogP contribution in [0.1, 0.15) is 18.9 Å². The molecule has 1 fully saturated rings. The maximum Gasteiger partial charge on any atom is 0.293 e. The number of rotatable bonds is 8. The normalized spacial score (nSPS) is 16.0. The van der Waals surface area contributed by atoms with E-state index in [2.05, 4.69) is 15.9 Å². The molecule has 0 N–H and O–H groups in total. The molecule has 0 aliphatic carbocycles. The number of hydrogen-bond acceptors (Lipinski definition) is 6. The molecule has 1 aromatic rings. The van der Waals surface area contributed by atoms with Crippen molar-refractivity contribution in [2.45, 2.75) is 13.3 Å². The van der Waals surface area contributed by atoms with E-state index in [0.717, 1.165) is 21.8 Å². The SMILES string of the molecule is CCOc1cc(/C=C2/SC(=O)N(CCCOC)C2=O)c(Br)cc1OC. The highest BCUT2D eigenvalue weighted by Crippen LogP contribution is 2.38. The molecule has 136 valence electrons. The van der Waals surface area contributed by atoms with E-state index in [1.54, 1.807) is 32.4 Å².